The minimum Gasteiger partial charge on any atom is -0.389 e. The number of hydrogen-bond acceptors (Lipinski definition) is 3. The van der Waals surface area contributed by atoms with Crippen LogP contribution in [-0.2, 0) is 0 Å². The van der Waals surface area contributed by atoms with Gasteiger partial charge in [0.25, 0.3) is 0 Å². The molecule has 3 unspecified atom stereocenters. The van der Waals surface area contributed by atoms with E-state index in [1.54, 1.807) is 0 Å². The fourth-order valence-electron chi connectivity index (χ4n) is 2.01. The van der Waals surface area contributed by atoms with Crippen LogP contribution in [0.15, 0.2) is 0 Å². The SMILES string of the molecule is CC1CC(N)CN(CC(O)CF)C1. The molecule has 1 rings (SSSR count). The lowest BCUT2D eigenvalue weighted by molar-refractivity contribution is 0.0654. The molecule has 3 N–H and O–H groups in total. The summed E-state index contributed by atoms with van der Waals surface area (Å²) in [6.45, 7) is 3.58. The van der Waals surface area contributed by atoms with Gasteiger partial charge in [-0.2, -0.15) is 0 Å². The highest BCUT2D eigenvalue weighted by atomic mass is 19.1. The Bertz CT molecular complexity index is 147. The highest BCUT2D eigenvalue weighted by Gasteiger charge is 2.23. The molecule has 1 saturated heterocycles. The van der Waals surface area contributed by atoms with Crippen molar-refractivity contribution in [1.82, 2.24) is 4.90 Å². The summed E-state index contributed by atoms with van der Waals surface area (Å²) in [5, 5.41) is 9.13. The first-order chi connectivity index (χ1) is 6.11. The summed E-state index contributed by atoms with van der Waals surface area (Å²) in [5.41, 5.74) is 5.82. The van der Waals surface area contributed by atoms with Crippen molar-refractivity contribution in [1.29, 1.82) is 0 Å². The van der Waals surface area contributed by atoms with Crippen molar-refractivity contribution >= 4 is 0 Å². The fourth-order valence-corrected chi connectivity index (χ4v) is 2.01. The first kappa shape index (κ1) is 10.9. The maximum Gasteiger partial charge on any atom is 0.117 e. The Morgan fingerprint density at radius 3 is 2.85 bits per heavy atom. The van der Waals surface area contributed by atoms with Crippen molar-refractivity contribution in [3.63, 3.8) is 0 Å². The van der Waals surface area contributed by atoms with Gasteiger partial charge in [0.2, 0.25) is 0 Å². The minimum absolute atomic E-state index is 0.176. The van der Waals surface area contributed by atoms with Gasteiger partial charge in [-0.15, -0.1) is 0 Å². The van der Waals surface area contributed by atoms with E-state index in [2.05, 4.69) is 6.92 Å². The number of rotatable bonds is 3. The summed E-state index contributed by atoms with van der Waals surface area (Å²) in [4.78, 5) is 2.04. The van der Waals surface area contributed by atoms with E-state index in [1.165, 1.54) is 0 Å². The summed E-state index contributed by atoms with van der Waals surface area (Å²) < 4.78 is 12.0. The Balaban J connectivity index is 2.32. The lowest BCUT2D eigenvalue weighted by Crippen LogP contribution is -2.48. The zero-order chi connectivity index (χ0) is 9.84. The molecule has 0 radical (unpaired) electrons. The van der Waals surface area contributed by atoms with Crippen LogP contribution in [0.25, 0.3) is 0 Å². The van der Waals surface area contributed by atoms with E-state index < -0.39 is 12.8 Å². The molecule has 1 aliphatic heterocycles. The highest BCUT2D eigenvalue weighted by Crippen LogP contribution is 2.14. The number of nitrogens with zero attached hydrogens (tertiary/aromatic N) is 1. The van der Waals surface area contributed by atoms with E-state index in [4.69, 9.17) is 10.8 Å². The van der Waals surface area contributed by atoms with Gasteiger partial charge in [-0.05, 0) is 12.3 Å². The summed E-state index contributed by atoms with van der Waals surface area (Å²) in [5.74, 6) is 0.551. The van der Waals surface area contributed by atoms with E-state index in [9.17, 15) is 4.39 Å². The molecule has 1 aliphatic rings. The summed E-state index contributed by atoms with van der Waals surface area (Å²) in [6, 6.07) is 0.176. The molecule has 0 amide bonds. The van der Waals surface area contributed by atoms with Crippen molar-refractivity contribution in [2.45, 2.75) is 25.5 Å². The van der Waals surface area contributed by atoms with E-state index in [0.717, 1.165) is 19.5 Å². The number of hydrogen-bond donors (Lipinski definition) is 2. The predicted molar refractivity (Wildman–Crippen MR) is 50.2 cm³/mol. The van der Waals surface area contributed by atoms with E-state index in [-0.39, 0.29) is 6.04 Å². The predicted octanol–water partition coefficient (Wildman–Crippen LogP) is -0.0141. The molecule has 0 saturated carbocycles. The number of alkyl halides is 1. The lowest BCUT2D eigenvalue weighted by atomic mass is 9.96. The Hall–Kier alpha value is -0.190. The molecule has 78 valence electrons. The van der Waals surface area contributed by atoms with E-state index in [0.29, 0.717) is 12.5 Å². The van der Waals surface area contributed by atoms with Crippen molar-refractivity contribution in [2.24, 2.45) is 11.7 Å². The number of aliphatic hydroxyl groups is 1. The van der Waals surface area contributed by atoms with Crippen LogP contribution in [0.3, 0.4) is 0 Å². The molecule has 0 aromatic rings. The largest absolute Gasteiger partial charge is 0.389 e. The van der Waals surface area contributed by atoms with Crippen LogP contribution in [-0.4, -0.2) is 48.5 Å². The monoisotopic (exact) mass is 190 g/mol. The highest BCUT2D eigenvalue weighted by molar-refractivity contribution is 4.80. The third kappa shape index (κ3) is 3.58. The van der Waals surface area contributed by atoms with Gasteiger partial charge in [0.05, 0.1) is 6.10 Å². The zero-order valence-corrected chi connectivity index (χ0v) is 8.12. The van der Waals surface area contributed by atoms with Crippen molar-refractivity contribution < 1.29 is 9.50 Å². The molecule has 0 bridgehead atoms. The van der Waals surface area contributed by atoms with Gasteiger partial charge in [0, 0.05) is 25.7 Å². The summed E-state index contributed by atoms with van der Waals surface area (Å²) in [7, 11) is 0. The second-order valence-electron chi connectivity index (χ2n) is 4.13. The fraction of sp³-hybridized carbons (Fsp3) is 1.00. The van der Waals surface area contributed by atoms with Gasteiger partial charge >= 0.3 is 0 Å². The minimum atomic E-state index is -0.850. The molecule has 0 aliphatic carbocycles. The van der Waals surface area contributed by atoms with Crippen molar-refractivity contribution in [3.05, 3.63) is 0 Å². The first-order valence-corrected chi connectivity index (χ1v) is 4.83. The Morgan fingerprint density at radius 2 is 2.31 bits per heavy atom. The second-order valence-corrected chi connectivity index (χ2v) is 4.13. The van der Waals surface area contributed by atoms with Crippen LogP contribution in [0.5, 0.6) is 0 Å². The molecule has 0 spiro atoms. The van der Waals surface area contributed by atoms with Gasteiger partial charge in [0.1, 0.15) is 6.67 Å². The molecule has 3 atom stereocenters. The average molecular weight is 190 g/mol. The molecule has 4 heteroatoms. The molecule has 13 heavy (non-hydrogen) atoms. The number of nitrogens with two attached hydrogens (primary N) is 1. The number of likely N-dealkylation sites (tertiary alicyclic amines) is 1. The molecule has 0 aromatic carbocycles. The number of halogens is 1. The van der Waals surface area contributed by atoms with Crippen LogP contribution in [0.1, 0.15) is 13.3 Å². The maximum atomic E-state index is 12.0. The molecular weight excluding hydrogens is 171 g/mol. The van der Waals surface area contributed by atoms with Crippen LogP contribution in [0.4, 0.5) is 4.39 Å². The molecule has 1 heterocycles. The van der Waals surface area contributed by atoms with Gasteiger partial charge in [0.15, 0.2) is 0 Å². The smallest absolute Gasteiger partial charge is 0.117 e. The molecule has 1 fully saturated rings. The Labute approximate surface area is 78.7 Å². The third-order valence-corrected chi connectivity index (χ3v) is 2.41. The van der Waals surface area contributed by atoms with Crippen LogP contribution in [0, 0.1) is 5.92 Å². The number of aliphatic hydroxyl groups excluding tert-OH is 1. The lowest BCUT2D eigenvalue weighted by Gasteiger charge is -2.35. The number of piperidine rings is 1. The molecular formula is C9H19FN2O. The molecule has 0 aromatic heterocycles. The quantitative estimate of drug-likeness (QED) is 0.658. The summed E-state index contributed by atoms with van der Waals surface area (Å²) >= 11 is 0. The van der Waals surface area contributed by atoms with Crippen LogP contribution >= 0.6 is 0 Å². The average Bonchev–Trinajstić information content (AvgIpc) is 2.02. The Kier molecular flexibility index (Phi) is 4.09. The zero-order valence-electron chi connectivity index (χ0n) is 8.12. The van der Waals surface area contributed by atoms with Gasteiger partial charge < -0.3 is 10.8 Å². The van der Waals surface area contributed by atoms with Crippen LogP contribution < -0.4 is 5.73 Å². The number of β-amino-alcohol motifs (C(OH)–C–C–N with tert-alkyl or cyclic N) is 1. The normalized spacial score (nSPS) is 33.2. The first-order valence-electron chi connectivity index (χ1n) is 4.83. The topological polar surface area (TPSA) is 49.5 Å². The van der Waals surface area contributed by atoms with Crippen molar-refractivity contribution in [3.8, 4) is 0 Å². The van der Waals surface area contributed by atoms with Gasteiger partial charge in [-0.25, -0.2) is 4.39 Å². The third-order valence-electron chi connectivity index (χ3n) is 2.41. The van der Waals surface area contributed by atoms with Crippen LogP contribution in [0.2, 0.25) is 0 Å². The van der Waals surface area contributed by atoms with E-state index >= 15 is 0 Å². The second kappa shape index (κ2) is 4.88. The summed E-state index contributed by atoms with van der Waals surface area (Å²) in [6.07, 6.45) is 0.180. The van der Waals surface area contributed by atoms with Gasteiger partial charge in [-0.1, -0.05) is 6.92 Å². The van der Waals surface area contributed by atoms with E-state index in [1.807, 2.05) is 4.90 Å². The maximum absolute atomic E-state index is 12.0. The van der Waals surface area contributed by atoms with Gasteiger partial charge in [-0.3, -0.25) is 4.90 Å². The molecule has 3 nitrogen and oxygen atoms in total. The van der Waals surface area contributed by atoms with Crippen molar-refractivity contribution in [2.75, 3.05) is 26.3 Å². The standard InChI is InChI=1S/C9H19FN2O/c1-7-2-8(11)5-12(4-7)6-9(13)3-10/h7-9,13H,2-6,11H2,1H3. The Morgan fingerprint density at radius 1 is 1.62 bits per heavy atom.